The Bertz CT molecular complexity index is 446. The van der Waals surface area contributed by atoms with Gasteiger partial charge in [-0.15, -0.1) is 0 Å². The third-order valence-corrected chi connectivity index (χ3v) is 4.52. The van der Waals surface area contributed by atoms with Crippen LogP contribution in [0.1, 0.15) is 52.6 Å². The Balaban J connectivity index is 3.35. The third kappa shape index (κ3) is 3.61. The Labute approximate surface area is 127 Å². The molecule has 1 aromatic rings. The van der Waals surface area contributed by atoms with Crippen molar-refractivity contribution in [1.29, 1.82) is 0 Å². The van der Waals surface area contributed by atoms with Crippen LogP contribution < -0.4 is 5.32 Å². The lowest BCUT2D eigenvalue weighted by Crippen LogP contribution is -2.54. The first kappa shape index (κ1) is 18.1. The zero-order chi connectivity index (χ0) is 16.0. The minimum Gasteiger partial charge on any atom is -0.309 e. The summed E-state index contributed by atoms with van der Waals surface area (Å²) in [5.41, 5.74) is 0.141. The van der Waals surface area contributed by atoms with Crippen LogP contribution in [0.25, 0.3) is 0 Å². The molecule has 1 rings (SSSR count). The molecule has 0 aromatic heterocycles. The van der Waals surface area contributed by atoms with E-state index in [0.29, 0.717) is 12.1 Å². The maximum Gasteiger partial charge on any atom is 0.163 e. The van der Waals surface area contributed by atoms with Crippen molar-refractivity contribution >= 4 is 0 Å². The van der Waals surface area contributed by atoms with E-state index in [4.69, 9.17) is 0 Å². The fourth-order valence-corrected chi connectivity index (χ4v) is 3.17. The highest BCUT2D eigenvalue weighted by molar-refractivity contribution is 5.26. The molecule has 21 heavy (non-hydrogen) atoms. The summed E-state index contributed by atoms with van der Waals surface area (Å²) in [7, 11) is 0. The van der Waals surface area contributed by atoms with Gasteiger partial charge in [0.2, 0.25) is 0 Å². The molecule has 0 aliphatic heterocycles. The van der Waals surface area contributed by atoms with E-state index in [-0.39, 0.29) is 11.6 Å². The van der Waals surface area contributed by atoms with Crippen LogP contribution in [0.2, 0.25) is 0 Å². The molecular weight excluding hydrogens is 270 g/mol. The minimum atomic E-state index is -0.784. The second-order valence-electron chi connectivity index (χ2n) is 5.52. The molecule has 2 unspecified atom stereocenters. The highest BCUT2D eigenvalue weighted by Gasteiger charge is 2.39. The molecule has 2 nitrogen and oxygen atoms in total. The maximum atomic E-state index is 14.3. The van der Waals surface area contributed by atoms with Crippen molar-refractivity contribution in [2.75, 3.05) is 19.6 Å². The molecule has 0 bridgehead atoms. The number of nitrogens with zero attached hydrogens (tertiary/aromatic N) is 1. The standard InChI is InChI=1S/C17H28F2N2/c1-6-17(5,21(8-3)9-4)16(20-7-2)13-11-10-12-14(18)15(13)19/h10-12,16,20H,6-9H2,1-5H3. The Morgan fingerprint density at radius 1 is 1.14 bits per heavy atom. The number of hydrogen-bond acceptors (Lipinski definition) is 2. The summed E-state index contributed by atoms with van der Waals surface area (Å²) < 4.78 is 27.9. The SMILES string of the molecule is CCNC(c1cccc(F)c1F)C(C)(CC)N(CC)CC. The molecule has 0 heterocycles. The summed E-state index contributed by atoms with van der Waals surface area (Å²) >= 11 is 0. The first-order chi connectivity index (χ1) is 9.96. The molecule has 1 aromatic carbocycles. The van der Waals surface area contributed by atoms with Gasteiger partial charge in [0.05, 0.1) is 6.04 Å². The van der Waals surface area contributed by atoms with Crippen LogP contribution in [0.5, 0.6) is 0 Å². The Hall–Kier alpha value is -1.00. The zero-order valence-corrected chi connectivity index (χ0v) is 13.8. The molecule has 0 aliphatic carbocycles. The van der Waals surface area contributed by atoms with Gasteiger partial charge in [0.15, 0.2) is 11.6 Å². The average Bonchev–Trinajstić information content (AvgIpc) is 2.49. The number of nitrogens with one attached hydrogen (secondary N) is 1. The van der Waals surface area contributed by atoms with Gasteiger partial charge in [-0.2, -0.15) is 0 Å². The molecule has 0 saturated carbocycles. The Kier molecular flexibility index (Phi) is 6.75. The van der Waals surface area contributed by atoms with E-state index < -0.39 is 11.6 Å². The number of likely N-dealkylation sites (N-methyl/N-ethyl adjacent to an activating group) is 2. The van der Waals surface area contributed by atoms with E-state index in [1.54, 1.807) is 12.1 Å². The number of rotatable bonds is 8. The quantitative estimate of drug-likeness (QED) is 0.776. The van der Waals surface area contributed by atoms with Gasteiger partial charge in [0, 0.05) is 11.1 Å². The highest BCUT2D eigenvalue weighted by atomic mass is 19.2. The first-order valence-electron chi connectivity index (χ1n) is 7.88. The Morgan fingerprint density at radius 3 is 2.24 bits per heavy atom. The molecule has 0 fully saturated rings. The molecule has 120 valence electrons. The summed E-state index contributed by atoms with van der Waals surface area (Å²) in [6.07, 6.45) is 0.850. The smallest absolute Gasteiger partial charge is 0.163 e. The van der Waals surface area contributed by atoms with Crippen molar-refractivity contribution in [3.05, 3.63) is 35.4 Å². The maximum absolute atomic E-state index is 14.3. The zero-order valence-electron chi connectivity index (χ0n) is 13.8. The van der Waals surface area contributed by atoms with Crippen molar-refractivity contribution in [3.63, 3.8) is 0 Å². The molecule has 0 amide bonds. The molecular formula is C17H28F2N2. The van der Waals surface area contributed by atoms with Gasteiger partial charge in [-0.3, -0.25) is 4.90 Å². The Morgan fingerprint density at radius 2 is 1.76 bits per heavy atom. The van der Waals surface area contributed by atoms with Gasteiger partial charge in [-0.05, 0) is 39.0 Å². The van der Waals surface area contributed by atoms with Gasteiger partial charge >= 0.3 is 0 Å². The predicted molar refractivity (Wildman–Crippen MR) is 84.4 cm³/mol. The topological polar surface area (TPSA) is 15.3 Å². The average molecular weight is 298 g/mol. The molecule has 2 atom stereocenters. The van der Waals surface area contributed by atoms with E-state index in [1.165, 1.54) is 6.07 Å². The largest absolute Gasteiger partial charge is 0.309 e. The lowest BCUT2D eigenvalue weighted by Gasteiger charge is -2.46. The van der Waals surface area contributed by atoms with Gasteiger partial charge in [-0.1, -0.05) is 39.8 Å². The van der Waals surface area contributed by atoms with E-state index in [1.807, 2.05) is 6.92 Å². The van der Waals surface area contributed by atoms with Crippen LogP contribution in [0, 0.1) is 11.6 Å². The van der Waals surface area contributed by atoms with E-state index >= 15 is 0 Å². The van der Waals surface area contributed by atoms with E-state index in [2.05, 4.69) is 37.9 Å². The summed E-state index contributed by atoms with van der Waals surface area (Å²) in [5, 5.41) is 3.36. The molecule has 0 saturated heterocycles. The molecule has 0 aliphatic rings. The van der Waals surface area contributed by atoms with Crippen LogP contribution in [0.4, 0.5) is 8.78 Å². The van der Waals surface area contributed by atoms with Crippen LogP contribution >= 0.6 is 0 Å². The number of halogens is 2. The van der Waals surface area contributed by atoms with E-state index in [9.17, 15) is 8.78 Å². The second-order valence-corrected chi connectivity index (χ2v) is 5.52. The number of hydrogen-bond donors (Lipinski definition) is 1. The van der Waals surface area contributed by atoms with Crippen molar-refractivity contribution < 1.29 is 8.78 Å². The van der Waals surface area contributed by atoms with Gasteiger partial charge < -0.3 is 5.32 Å². The van der Waals surface area contributed by atoms with Gasteiger partial charge in [-0.25, -0.2) is 8.78 Å². The van der Waals surface area contributed by atoms with Crippen molar-refractivity contribution in [3.8, 4) is 0 Å². The van der Waals surface area contributed by atoms with Gasteiger partial charge in [0.1, 0.15) is 0 Å². The molecule has 4 heteroatoms. The fraction of sp³-hybridized carbons (Fsp3) is 0.647. The number of benzene rings is 1. The van der Waals surface area contributed by atoms with Crippen molar-refractivity contribution in [2.24, 2.45) is 0 Å². The summed E-state index contributed by atoms with van der Waals surface area (Å²) in [4.78, 5) is 2.31. The first-order valence-corrected chi connectivity index (χ1v) is 7.88. The summed E-state index contributed by atoms with van der Waals surface area (Å²) in [6.45, 7) is 12.9. The summed E-state index contributed by atoms with van der Waals surface area (Å²) in [5.74, 6) is -1.52. The lowest BCUT2D eigenvalue weighted by atomic mass is 9.82. The fourth-order valence-electron chi connectivity index (χ4n) is 3.17. The van der Waals surface area contributed by atoms with Crippen LogP contribution in [0.15, 0.2) is 18.2 Å². The van der Waals surface area contributed by atoms with Crippen molar-refractivity contribution in [2.45, 2.75) is 52.6 Å². The molecule has 0 spiro atoms. The third-order valence-electron chi connectivity index (χ3n) is 4.52. The van der Waals surface area contributed by atoms with Crippen molar-refractivity contribution in [1.82, 2.24) is 10.2 Å². The lowest BCUT2D eigenvalue weighted by molar-refractivity contribution is 0.0688. The predicted octanol–water partition coefficient (Wildman–Crippen LogP) is 4.13. The van der Waals surface area contributed by atoms with E-state index in [0.717, 1.165) is 19.5 Å². The normalized spacial score (nSPS) is 16.0. The van der Waals surface area contributed by atoms with Crippen LogP contribution in [-0.4, -0.2) is 30.1 Å². The second kappa shape index (κ2) is 7.85. The van der Waals surface area contributed by atoms with Gasteiger partial charge in [0.25, 0.3) is 0 Å². The minimum absolute atomic E-state index is 0.247. The highest BCUT2D eigenvalue weighted by Crippen LogP contribution is 2.35. The monoisotopic (exact) mass is 298 g/mol. The molecule has 1 N–H and O–H groups in total. The summed E-state index contributed by atoms with van der Waals surface area (Å²) in [6, 6.07) is 4.19. The van der Waals surface area contributed by atoms with Crippen LogP contribution in [0.3, 0.4) is 0 Å². The molecule has 0 radical (unpaired) electrons. The van der Waals surface area contributed by atoms with Crippen LogP contribution in [-0.2, 0) is 0 Å².